The summed E-state index contributed by atoms with van der Waals surface area (Å²) in [6.07, 6.45) is 5.24. The highest BCUT2D eigenvalue weighted by Crippen LogP contribution is 2.32. The molecule has 0 spiro atoms. The molecule has 25 heavy (non-hydrogen) atoms. The zero-order valence-electron chi connectivity index (χ0n) is 14.9. The third-order valence-electron chi connectivity index (χ3n) is 4.89. The molecule has 0 saturated carbocycles. The highest BCUT2D eigenvalue weighted by atomic mass is 16.2. The Morgan fingerprint density at radius 1 is 1.32 bits per heavy atom. The molecular formula is C19H24N4O2. The summed E-state index contributed by atoms with van der Waals surface area (Å²) in [5.41, 5.74) is 4.32. The highest BCUT2D eigenvalue weighted by molar-refractivity contribution is 5.95. The van der Waals surface area contributed by atoms with Gasteiger partial charge in [-0.2, -0.15) is 0 Å². The van der Waals surface area contributed by atoms with Crippen molar-refractivity contribution in [1.29, 1.82) is 0 Å². The Morgan fingerprint density at radius 2 is 2.12 bits per heavy atom. The number of aromatic nitrogens is 2. The molecule has 1 atom stereocenters. The molecule has 3 rings (SSSR count). The smallest absolute Gasteiger partial charge is 0.267 e. The molecule has 2 aromatic heterocycles. The molecular weight excluding hydrogens is 316 g/mol. The van der Waals surface area contributed by atoms with Crippen molar-refractivity contribution in [1.82, 2.24) is 20.2 Å². The van der Waals surface area contributed by atoms with Gasteiger partial charge in [0.15, 0.2) is 0 Å². The lowest BCUT2D eigenvalue weighted by atomic mass is 9.92. The number of rotatable bonds is 4. The Hall–Kier alpha value is -2.63. The van der Waals surface area contributed by atoms with Crippen molar-refractivity contribution in [2.45, 2.75) is 38.6 Å². The molecule has 1 unspecified atom stereocenters. The number of hydrogen-bond donors (Lipinski definition) is 2. The minimum Gasteiger partial charge on any atom is -0.354 e. The number of aryl methyl sites for hydroxylation is 1. The van der Waals surface area contributed by atoms with Crippen LogP contribution in [0, 0.1) is 0 Å². The number of nitrogens with one attached hydrogen (secondary N) is 2. The SMILES string of the molecule is CCc1ccc(C(=O)NC2CCCc3c2cc(C(=O)NC)n3C)cn1. The Labute approximate surface area is 147 Å². The second-order valence-electron chi connectivity index (χ2n) is 6.38. The number of carbonyl (C=O) groups excluding carboxylic acids is 2. The van der Waals surface area contributed by atoms with E-state index in [2.05, 4.69) is 15.6 Å². The molecule has 0 radical (unpaired) electrons. The third-order valence-corrected chi connectivity index (χ3v) is 4.89. The van der Waals surface area contributed by atoms with Crippen LogP contribution >= 0.6 is 0 Å². The normalized spacial score (nSPS) is 16.2. The average molecular weight is 340 g/mol. The van der Waals surface area contributed by atoms with Crippen LogP contribution in [0.15, 0.2) is 24.4 Å². The Kier molecular flexibility index (Phi) is 4.88. The fourth-order valence-corrected chi connectivity index (χ4v) is 3.41. The minimum atomic E-state index is -0.127. The second kappa shape index (κ2) is 7.09. The van der Waals surface area contributed by atoms with Gasteiger partial charge in [-0.05, 0) is 49.4 Å². The van der Waals surface area contributed by atoms with Crippen molar-refractivity contribution in [2.75, 3.05) is 7.05 Å². The summed E-state index contributed by atoms with van der Waals surface area (Å²) in [6, 6.07) is 5.52. The molecule has 0 bridgehead atoms. The van der Waals surface area contributed by atoms with Crippen molar-refractivity contribution in [3.05, 3.63) is 52.6 Å². The fourth-order valence-electron chi connectivity index (χ4n) is 3.41. The van der Waals surface area contributed by atoms with E-state index < -0.39 is 0 Å². The largest absolute Gasteiger partial charge is 0.354 e. The number of nitrogens with zero attached hydrogens (tertiary/aromatic N) is 2. The van der Waals surface area contributed by atoms with Crippen LogP contribution < -0.4 is 10.6 Å². The van der Waals surface area contributed by atoms with E-state index in [1.54, 1.807) is 13.2 Å². The number of hydrogen-bond acceptors (Lipinski definition) is 3. The summed E-state index contributed by atoms with van der Waals surface area (Å²) in [6.45, 7) is 2.03. The second-order valence-corrected chi connectivity index (χ2v) is 6.38. The van der Waals surface area contributed by atoms with Crippen LogP contribution in [0.1, 0.15) is 63.6 Å². The lowest BCUT2D eigenvalue weighted by Gasteiger charge is -2.24. The van der Waals surface area contributed by atoms with E-state index >= 15 is 0 Å². The molecule has 2 amide bonds. The van der Waals surface area contributed by atoms with E-state index in [1.807, 2.05) is 36.7 Å². The van der Waals surface area contributed by atoms with Gasteiger partial charge >= 0.3 is 0 Å². The number of pyridine rings is 1. The van der Waals surface area contributed by atoms with Gasteiger partial charge in [0.05, 0.1) is 11.6 Å². The first-order valence-corrected chi connectivity index (χ1v) is 8.71. The van der Waals surface area contributed by atoms with E-state index in [0.29, 0.717) is 11.3 Å². The minimum absolute atomic E-state index is 0.0771. The fraction of sp³-hybridized carbons (Fsp3) is 0.421. The molecule has 1 aliphatic rings. The molecule has 6 heteroatoms. The molecule has 6 nitrogen and oxygen atoms in total. The topological polar surface area (TPSA) is 76.0 Å². The summed E-state index contributed by atoms with van der Waals surface area (Å²) in [5.74, 6) is -0.236. The first-order chi connectivity index (χ1) is 12.0. The first kappa shape index (κ1) is 17.2. The van der Waals surface area contributed by atoms with Crippen LogP contribution in [0.25, 0.3) is 0 Å². The number of amides is 2. The maximum atomic E-state index is 12.6. The molecule has 0 saturated heterocycles. The van der Waals surface area contributed by atoms with Crippen LogP contribution in [0.4, 0.5) is 0 Å². The predicted molar refractivity (Wildman–Crippen MR) is 95.6 cm³/mol. The summed E-state index contributed by atoms with van der Waals surface area (Å²) >= 11 is 0. The molecule has 0 fully saturated rings. The molecule has 2 heterocycles. The summed E-state index contributed by atoms with van der Waals surface area (Å²) < 4.78 is 1.93. The molecule has 2 N–H and O–H groups in total. The first-order valence-electron chi connectivity index (χ1n) is 8.71. The van der Waals surface area contributed by atoms with Gasteiger partial charge in [-0.15, -0.1) is 0 Å². The van der Waals surface area contributed by atoms with Crippen molar-refractivity contribution in [2.24, 2.45) is 7.05 Å². The van der Waals surface area contributed by atoms with E-state index in [9.17, 15) is 9.59 Å². The zero-order chi connectivity index (χ0) is 18.0. The maximum absolute atomic E-state index is 12.6. The highest BCUT2D eigenvalue weighted by Gasteiger charge is 2.27. The van der Waals surface area contributed by atoms with Gasteiger partial charge in [-0.3, -0.25) is 14.6 Å². The Bertz CT molecular complexity index is 793. The molecule has 1 aliphatic carbocycles. The van der Waals surface area contributed by atoms with E-state index in [4.69, 9.17) is 0 Å². The maximum Gasteiger partial charge on any atom is 0.267 e. The van der Waals surface area contributed by atoms with Gasteiger partial charge < -0.3 is 15.2 Å². The van der Waals surface area contributed by atoms with Crippen molar-refractivity contribution in [3.63, 3.8) is 0 Å². The van der Waals surface area contributed by atoms with Crippen molar-refractivity contribution < 1.29 is 9.59 Å². The average Bonchev–Trinajstić information content (AvgIpc) is 2.99. The van der Waals surface area contributed by atoms with Gasteiger partial charge in [0.1, 0.15) is 5.69 Å². The van der Waals surface area contributed by atoms with E-state index in [0.717, 1.165) is 42.6 Å². The van der Waals surface area contributed by atoms with Gasteiger partial charge in [0.2, 0.25) is 0 Å². The molecule has 0 aliphatic heterocycles. The standard InChI is InChI=1S/C19H24N4O2/c1-4-13-9-8-12(11-21-13)18(24)22-15-6-5-7-16-14(15)10-17(23(16)3)19(25)20-2/h8-11,15H,4-7H2,1-3H3,(H,20,25)(H,22,24). The monoisotopic (exact) mass is 340 g/mol. The van der Waals surface area contributed by atoms with Crippen LogP contribution in [0.2, 0.25) is 0 Å². The van der Waals surface area contributed by atoms with Crippen LogP contribution in [0.5, 0.6) is 0 Å². The van der Waals surface area contributed by atoms with Gasteiger partial charge in [0, 0.05) is 31.7 Å². The van der Waals surface area contributed by atoms with Gasteiger partial charge in [0.25, 0.3) is 11.8 Å². The van der Waals surface area contributed by atoms with Crippen LogP contribution in [-0.4, -0.2) is 28.4 Å². The Morgan fingerprint density at radius 3 is 2.76 bits per heavy atom. The number of carbonyl (C=O) groups is 2. The van der Waals surface area contributed by atoms with Gasteiger partial charge in [-0.1, -0.05) is 6.92 Å². The van der Waals surface area contributed by atoms with Crippen molar-refractivity contribution >= 4 is 11.8 Å². The zero-order valence-corrected chi connectivity index (χ0v) is 14.9. The summed E-state index contributed by atoms with van der Waals surface area (Å²) in [4.78, 5) is 28.9. The third kappa shape index (κ3) is 3.29. The lowest BCUT2D eigenvalue weighted by molar-refractivity contribution is 0.0930. The lowest BCUT2D eigenvalue weighted by Crippen LogP contribution is -2.31. The molecule has 0 aromatic carbocycles. The summed E-state index contributed by atoms with van der Waals surface area (Å²) in [7, 11) is 3.53. The van der Waals surface area contributed by atoms with E-state index in [1.165, 1.54) is 0 Å². The molecule has 2 aromatic rings. The van der Waals surface area contributed by atoms with Gasteiger partial charge in [-0.25, -0.2) is 0 Å². The Balaban J connectivity index is 1.83. The quantitative estimate of drug-likeness (QED) is 0.895. The van der Waals surface area contributed by atoms with Crippen LogP contribution in [-0.2, 0) is 19.9 Å². The van der Waals surface area contributed by atoms with Crippen molar-refractivity contribution in [3.8, 4) is 0 Å². The summed E-state index contributed by atoms with van der Waals surface area (Å²) in [5, 5.41) is 5.77. The molecule has 132 valence electrons. The number of fused-ring (bicyclic) bond motifs is 1. The van der Waals surface area contributed by atoms with E-state index in [-0.39, 0.29) is 17.9 Å². The predicted octanol–water partition coefficient (Wildman–Crippen LogP) is 2.15. The van der Waals surface area contributed by atoms with Crippen LogP contribution in [0.3, 0.4) is 0 Å².